The van der Waals surface area contributed by atoms with Crippen molar-refractivity contribution >= 4 is 6.03 Å². The van der Waals surface area contributed by atoms with E-state index in [9.17, 15) is 4.79 Å². The van der Waals surface area contributed by atoms with Gasteiger partial charge in [0.1, 0.15) is 12.4 Å². The zero-order valence-electron chi connectivity index (χ0n) is 14.4. The molecule has 0 radical (unpaired) electrons. The molecule has 6 heteroatoms. The Hall–Kier alpha value is -2.76. The Morgan fingerprint density at radius 2 is 2.21 bits per heavy atom. The molecule has 0 saturated heterocycles. The summed E-state index contributed by atoms with van der Waals surface area (Å²) < 4.78 is 7.33. The highest BCUT2D eigenvalue weighted by Crippen LogP contribution is 2.18. The Morgan fingerprint density at radius 3 is 2.88 bits per heavy atom. The van der Waals surface area contributed by atoms with Gasteiger partial charge in [-0.15, -0.1) is 0 Å². The van der Waals surface area contributed by atoms with Crippen molar-refractivity contribution < 1.29 is 9.53 Å². The lowest BCUT2D eigenvalue weighted by molar-refractivity contribution is 0.237. The Kier molecular flexibility index (Phi) is 6.01. The molecule has 128 valence electrons. The summed E-state index contributed by atoms with van der Waals surface area (Å²) in [6.45, 7) is 8.32. The molecule has 1 heterocycles. The summed E-state index contributed by atoms with van der Waals surface area (Å²) in [7, 11) is 1.86. The fourth-order valence-electron chi connectivity index (χ4n) is 2.48. The number of urea groups is 1. The number of para-hydroxylation sites is 1. The Balaban J connectivity index is 1.91. The number of hydrogen-bond acceptors (Lipinski definition) is 3. The van der Waals surface area contributed by atoms with Gasteiger partial charge in [0.15, 0.2) is 0 Å². The van der Waals surface area contributed by atoms with E-state index in [0.717, 1.165) is 22.6 Å². The quantitative estimate of drug-likeness (QED) is 0.768. The van der Waals surface area contributed by atoms with E-state index in [2.05, 4.69) is 22.3 Å². The van der Waals surface area contributed by atoms with Crippen molar-refractivity contribution in [2.75, 3.05) is 6.61 Å². The summed E-state index contributed by atoms with van der Waals surface area (Å²) in [6.07, 6.45) is 3.60. The predicted octanol–water partition coefficient (Wildman–Crippen LogP) is 2.85. The molecule has 2 N–H and O–H groups in total. The van der Waals surface area contributed by atoms with Crippen LogP contribution in [-0.4, -0.2) is 22.4 Å². The average molecular weight is 328 g/mol. The van der Waals surface area contributed by atoms with Crippen molar-refractivity contribution in [1.82, 2.24) is 20.4 Å². The zero-order valence-corrected chi connectivity index (χ0v) is 14.4. The van der Waals surface area contributed by atoms with Crippen molar-refractivity contribution in [3.63, 3.8) is 0 Å². The Bertz CT molecular complexity index is 709. The number of benzene rings is 1. The number of rotatable bonds is 7. The van der Waals surface area contributed by atoms with Crippen LogP contribution in [-0.2, 0) is 13.6 Å². The first-order valence-electron chi connectivity index (χ1n) is 7.87. The lowest BCUT2D eigenvalue weighted by Crippen LogP contribution is -2.36. The Labute approximate surface area is 142 Å². The van der Waals surface area contributed by atoms with Gasteiger partial charge in [-0.25, -0.2) is 4.79 Å². The van der Waals surface area contributed by atoms with Crippen LogP contribution >= 0.6 is 0 Å². The number of amides is 2. The Morgan fingerprint density at radius 1 is 1.46 bits per heavy atom. The fourth-order valence-corrected chi connectivity index (χ4v) is 2.48. The molecule has 2 aromatic rings. The zero-order chi connectivity index (χ0) is 17.5. The predicted molar refractivity (Wildman–Crippen MR) is 93.9 cm³/mol. The molecular weight excluding hydrogens is 304 g/mol. The van der Waals surface area contributed by atoms with Crippen molar-refractivity contribution in [3.8, 4) is 5.75 Å². The van der Waals surface area contributed by atoms with E-state index in [1.165, 1.54) is 0 Å². The van der Waals surface area contributed by atoms with Crippen molar-refractivity contribution in [2.24, 2.45) is 7.05 Å². The van der Waals surface area contributed by atoms with E-state index in [-0.39, 0.29) is 12.1 Å². The largest absolute Gasteiger partial charge is 0.489 e. The van der Waals surface area contributed by atoms with Crippen LogP contribution in [0.3, 0.4) is 0 Å². The average Bonchev–Trinajstić information content (AvgIpc) is 2.90. The summed E-state index contributed by atoms with van der Waals surface area (Å²) in [5.74, 6) is 0.744. The normalized spacial score (nSPS) is 11.6. The van der Waals surface area contributed by atoms with E-state index < -0.39 is 0 Å². The summed E-state index contributed by atoms with van der Waals surface area (Å²) >= 11 is 0. The third-order valence-corrected chi connectivity index (χ3v) is 3.63. The monoisotopic (exact) mass is 328 g/mol. The molecule has 6 nitrogen and oxygen atoms in total. The van der Waals surface area contributed by atoms with Crippen molar-refractivity contribution in [1.29, 1.82) is 0 Å². The molecule has 1 aromatic carbocycles. The SMILES string of the molecule is C=CCOc1ccccc1CNC(=O)N[C@@H](C)c1cn(C)nc1C. The maximum absolute atomic E-state index is 12.1. The second kappa shape index (κ2) is 8.19. The summed E-state index contributed by atoms with van der Waals surface area (Å²) in [5, 5.41) is 10.1. The van der Waals surface area contributed by atoms with Crippen molar-refractivity contribution in [2.45, 2.75) is 26.4 Å². The molecule has 0 aliphatic heterocycles. The highest BCUT2D eigenvalue weighted by Gasteiger charge is 2.14. The molecule has 0 saturated carbocycles. The minimum atomic E-state index is -0.232. The number of nitrogens with zero attached hydrogens (tertiary/aromatic N) is 2. The number of aryl methyl sites for hydroxylation is 2. The summed E-state index contributed by atoms with van der Waals surface area (Å²) in [6, 6.07) is 7.26. The molecule has 0 aliphatic carbocycles. The molecule has 2 amide bonds. The molecule has 1 atom stereocenters. The molecule has 0 fully saturated rings. The minimum Gasteiger partial charge on any atom is -0.489 e. The topological polar surface area (TPSA) is 68.2 Å². The van der Waals surface area contributed by atoms with Gasteiger partial charge >= 0.3 is 6.03 Å². The van der Waals surface area contributed by atoms with Crippen LogP contribution in [0.4, 0.5) is 4.79 Å². The van der Waals surface area contributed by atoms with E-state index in [1.807, 2.05) is 51.4 Å². The van der Waals surface area contributed by atoms with Gasteiger partial charge < -0.3 is 15.4 Å². The highest BCUT2D eigenvalue weighted by molar-refractivity contribution is 5.74. The number of hydrogen-bond donors (Lipinski definition) is 2. The van der Waals surface area contributed by atoms with E-state index in [1.54, 1.807) is 10.8 Å². The molecule has 0 spiro atoms. The maximum Gasteiger partial charge on any atom is 0.315 e. The van der Waals surface area contributed by atoms with Crippen LogP contribution in [0.25, 0.3) is 0 Å². The van der Waals surface area contributed by atoms with Crippen LogP contribution < -0.4 is 15.4 Å². The summed E-state index contributed by atoms with van der Waals surface area (Å²) in [5.41, 5.74) is 2.83. The number of carbonyl (C=O) groups is 1. The lowest BCUT2D eigenvalue weighted by Gasteiger charge is -2.15. The first-order valence-corrected chi connectivity index (χ1v) is 7.87. The molecule has 24 heavy (non-hydrogen) atoms. The molecular formula is C18H24N4O2. The third-order valence-electron chi connectivity index (χ3n) is 3.63. The standard InChI is InChI=1S/C18H24N4O2/c1-5-10-24-17-9-7-6-8-15(17)11-19-18(23)20-13(2)16-12-22(4)21-14(16)3/h5-9,12-13H,1,10-11H2,2-4H3,(H2,19,20,23)/t13-/m0/s1. The third kappa shape index (κ3) is 4.62. The molecule has 0 unspecified atom stereocenters. The van der Waals surface area contributed by atoms with Gasteiger partial charge in [-0.2, -0.15) is 5.10 Å². The molecule has 2 rings (SSSR count). The second-order valence-electron chi connectivity index (χ2n) is 5.60. The summed E-state index contributed by atoms with van der Waals surface area (Å²) in [4.78, 5) is 12.1. The van der Waals surface area contributed by atoms with Crippen LogP contribution in [0.5, 0.6) is 5.75 Å². The van der Waals surface area contributed by atoms with Crippen LogP contribution in [0.1, 0.15) is 29.8 Å². The number of aromatic nitrogens is 2. The minimum absolute atomic E-state index is 0.119. The first kappa shape index (κ1) is 17.6. The van der Waals surface area contributed by atoms with E-state index in [0.29, 0.717) is 13.2 Å². The van der Waals surface area contributed by atoms with E-state index in [4.69, 9.17) is 4.74 Å². The fraction of sp³-hybridized carbons (Fsp3) is 0.333. The number of nitrogens with one attached hydrogen (secondary N) is 2. The lowest BCUT2D eigenvalue weighted by atomic mass is 10.1. The highest BCUT2D eigenvalue weighted by atomic mass is 16.5. The van der Waals surface area contributed by atoms with Gasteiger partial charge in [-0.3, -0.25) is 4.68 Å². The van der Waals surface area contributed by atoms with E-state index >= 15 is 0 Å². The van der Waals surface area contributed by atoms with Gasteiger partial charge in [-0.05, 0) is 19.9 Å². The smallest absolute Gasteiger partial charge is 0.315 e. The van der Waals surface area contributed by atoms with Crippen molar-refractivity contribution in [3.05, 3.63) is 59.9 Å². The molecule has 0 aliphatic rings. The van der Waals surface area contributed by atoms with Gasteiger partial charge in [0.25, 0.3) is 0 Å². The first-order chi connectivity index (χ1) is 11.5. The number of carbonyl (C=O) groups excluding carboxylic acids is 1. The number of ether oxygens (including phenoxy) is 1. The molecule has 1 aromatic heterocycles. The van der Waals surface area contributed by atoms with Crippen LogP contribution in [0.2, 0.25) is 0 Å². The van der Waals surface area contributed by atoms with Gasteiger partial charge in [0.05, 0.1) is 11.7 Å². The van der Waals surface area contributed by atoms with Gasteiger partial charge in [-0.1, -0.05) is 30.9 Å². The maximum atomic E-state index is 12.1. The van der Waals surface area contributed by atoms with Gasteiger partial charge in [0, 0.05) is 30.9 Å². The van der Waals surface area contributed by atoms with Crippen LogP contribution in [0.15, 0.2) is 43.1 Å². The van der Waals surface area contributed by atoms with Crippen LogP contribution in [0, 0.1) is 6.92 Å². The van der Waals surface area contributed by atoms with Gasteiger partial charge in [0.2, 0.25) is 0 Å². The molecule has 0 bridgehead atoms. The second-order valence-corrected chi connectivity index (χ2v) is 5.60.